The lowest BCUT2D eigenvalue weighted by Gasteiger charge is -1.95. The zero-order valence-corrected chi connectivity index (χ0v) is 6.79. The van der Waals surface area contributed by atoms with Gasteiger partial charge < -0.3 is 5.73 Å². The Hall–Kier alpha value is -1.12. The van der Waals surface area contributed by atoms with Crippen molar-refractivity contribution in [1.82, 2.24) is 0 Å². The minimum absolute atomic E-state index is 0.112. The molecule has 11 heavy (non-hydrogen) atoms. The largest absolute Gasteiger partial charge is 0.383 e. The van der Waals surface area contributed by atoms with Crippen molar-refractivity contribution < 1.29 is 4.79 Å². The molecule has 0 saturated carbocycles. The molecule has 1 aliphatic rings. The van der Waals surface area contributed by atoms with E-state index < -0.39 is 0 Å². The van der Waals surface area contributed by atoms with Gasteiger partial charge in [-0.15, -0.1) is 0 Å². The van der Waals surface area contributed by atoms with E-state index in [1.165, 1.54) is 0 Å². The first-order valence-corrected chi connectivity index (χ1v) is 3.62. The van der Waals surface area contributed by atoms with Crippen LogP contribution in [-0.2, 0) is 4.79 Å². The number of carbonyl (C=O) groups is 1. The van der Waals surface area contributed by atoms with Crippen LogP contribution in [0.5, 0.6) is 0 Å². The van der Waals surface area contributed by atoms with Crippen LogP contribution in [-0.4, -0.2) is 18.7 Å². The molecule has 0 bridgehead atoms. The van der Waals surface area contributed by atoms with Crippen molar-refractivity contribution >= 4 is 11.6 Å². The van der Waals surface area contributed by atoms with E-state index in [9.17, 15) is 4.79 Å². The minimum atomic E-state index is 0.112. The first kappa shape index (κ1) is 7.98. The van der Waals surface area contributed by atoms with Crippen LogP contribution in [0.2, 0.25) is 0 Å². The standard InChI is InChI=1S/C8H12N2O/c1-5-3-6(7(11)4-5)8(9)10-2/h3,5H,4H2,1-2H3,(H2,9,10). The van der Waals surface area contributed by atoms with Gasteiger partial charge in [-0.05, 0) is 5.92 Å². The molecule has 1 rings (SSSR count). The monoisotopic (exact) mass is 152 g/mol. The number of aliphatic imine (C=N–C) groups is 1. The predicted molar refractivity (Wildman–Crippen MR) is 44.4 cm³/mol. The number of allylic oxidation sites excluding steroid dienone is 1. The number of hydrogen-bond donors (Lipinski definition) is 1. The minimum Gasteiger partial charge on any atom is -0.383 e. The van der Waals surface area contributed by atoms with E-state index in [1.54, 1.807) is 7.05 Å². The summed E-state index contributed by atoms with van der Waals surface area (Å²) in [5.41, 5.74) is 6.09. The zero-order chi connectivity index (χ0) is 8.43. The first-order valence-electron chi connectivity index (χ1n) is 3.62. The molecule has 2 N–H and O–H groups in total. The SMILES string of the molecule is CN=C(N)C1=CC(C)CC1=O. The number of nitrogens with zero attached hydrogens (tertiary/aromatic N) is 1. The summed E-state index contributed by atoms with van der Waals surface area (Å²) >= 11 is 0. The maximum absolute atomic E-state index is 11.2. The molecule has 1 aliphatic carbocycles. The van der Waals surface area contributed by atoms with Crippen LogP contribution in [0.1, 0.15) is 13.3 Å². The van der Waals surface area contributed by atoms with Crippen LogP contribution in [0.25, 0.3) is 0 Å². The lowest BCUT2D eigenvalue weighted by atomic mass is 10.1. The van der Waals surface area contributed by atoms with E-state index in [4.69, 9.17) is 5.73 Å². The van der Waals surface area contributed by atoms with Gasteiger partial charge in [-0.25, -0.2) is 0 Å². The van der Waals surface area contributed by atoms with Gasteiger partial charge in [0.15, 0.2) is 5.78 Å². The van der Waals surface area contributed by atoms with Crippen LogP contribution in [0.3, 0.4) is 0 Å². The molecule has 0 radical (unpaired) electrons. The fraction of sp³-hybridized carbons (Fsp3) is 0.500. The molecule has 1 atom stereocenters. The van der Waals surface area contributed by atoms with Gasteiger partial charge in [-0.1, -0.05) is 13.0 Å². The van der Waals surface area contributed by atoms with Crippen LogP contribution in [0, 0.1) is 5.92 Å². The molecule has 0 heterocycles. The number of Topliss-reactive ketones (excluding diaryl/α,β-unsaturated/α-hetero) is 1. The van der Waals surface area contributed by atoms with Crippen molar-refractivity contribution in [2.75, 3.05) is 7.05 Å². The third kappa shape index (κ3) is 1.48. The molecular weight excluding hydrogens is 140 g/mol. The van der Waals surface area contributed by atoms with Crippen molar-refractivity contribution in [3.63, 3.8) is 0 Å². The van der Waals surface area contributed by atoms with Crippen molar-refractivity contribution in [1.29, 1.82) is 0 Å². The summed E-state index contributed by atoms with van der Waals surface area (Å²) in [5, 5.41) is 0. The lowest BCUT2D eigenvalue weighted by Crippen LogP contribution is -2.18. The Kier molecular flexibility index (Phi) is 2.08. The van der Waals surface area contributed by atoms with Crippen molar-refractivity contribution in [3.8, 4) is 0 Å². The summed E-state index contributed by atoms with van der Waals surface area (Å²) in [6.07, 6.45) is 2.45. The van der Waals surface area contributed by atoms with Gasteiger partial charge >= 0.3 is 0 Å². The van der Waals surface area contributed by atoms with Gasteiger partial charge in [0.25, 0.3) is 0 Å². The molecule has 60 valence electrons. The van der Waals surface area contributed by atoms with Gasteiger partial charge in [-0.2, -0.15) is 0 Å². The molecular formula is C8H12N2O. The lowest BCUT2D eigenvalue weighted by molar-refractivity contribution is -0.114. The topological polar surface area (TPSA) is 55.4 Å². The summed E-state index contributed by atoms with van der Waals surface area (Å²) in [4.78, 5) is 14.9. The van der Waals surface area contributed by atoms with Crippen molar-refractivity contribution in [2.45, 2.75) is 13.3 Å². The van der Waals surface area contributed by atoms with Gasteiger partial charge in [0.2, 0.25) is 0 Å². The Labute approximate surface area is 66.0 Å². The smallest absolute Gasteiger partial charge is 0.166 e. The number of ketones is 1. The fourth-order valence-electron chi connectivity index (χ4n) is 1.19. The molecule has 0 saturated heterocycles. The van der Waals surface area contributed by atoms with E-state index in [-0.39, 0.29) is 5.78 Å². The average molecular weight is 152 g/mol. The summed E-state index contributed by atoms with van der Waals surface area (Å²) in [7, 11) is 1.59. The Balaban J connectivity index is 2.88. The van der Waals surface area contributed by atoms with Crippen LogP contribution in [0.4, 0.5) is 0 Å². The number of hydrogen-bond acceptors (Lipinski definition) is 2. The van der Waals surface area contributed by atoms with Crippen LogP contribution in [0.15, 0.2) is 16.6 Å². The second-order valence-electron chi connectivity index (χ2n) is 2.79. The van der Waals surface area contributed by atoms with E-state index in [0.717, 1.165) is 0 Å². The van der Waals surface area contributed by atoms with Gasteiger partial charge in [-0.3, -0.25) is 9.79 Å². The van der Waals surface area contributed by atoms with Crippen molar-refractivity contribution in [3.05, 3.63) is 11.6 Å². The van der Waals surface area contributed by atoms with E-state index in [1.807, 2.05) is 13.0 Å². The highest BCUT2D eigenvalue weighted by Gasteiger charge is 2.22. The summed E-state index contributed by atoms with van der Waals surface area (Å²) in [6, 6.07) is 0. The number of carbonyl (C=O) groups excluding carboxylic acids is 1. The number of rotatable bonds is 1. The van der Waals surface area contributed by atoms with Crippen molar-refractivity contribution in [2.24, 2.45) is 16.6 Å². The highest BCUT2D eigenvalue weighted by molar-refractivity contribution is 6.22. The highest BCUT2D eigenvalue weighted by atomic mass is 16.1. The first-order chi connectivity index (χ1) is 5.15. The normalized spacial score (nSPS) is 25.6. The number of nitrogens with two attached hydrogens (primary N) is 1. The Morgan fingerprint density at radius 1 is 1.82 bits per heavy atom. The quantitative estimate of drug-likeness (QED) is 0.439. The Morgan fingerprint density at radius 2 is 2.45 bits per heavy atom. The zero-order valence-electron chi connectivity index (χ0n) is 6.79. The third-order valence-electron chi connectivity index (χ3n) is 1.78. The summed E-state index contributed by atoms with van der Waals surface area (Å²) in [5.74, 6) is 0.790. The molecule has 0 aromatic carbocycles. The van der Waals surface area contributed by atoms with E-state index in [0.29, 0.717) is 23.7 Å². The fourth-order valence-corrected chi connectivity index (χ4v) is 1.19. The number of amidine groups is 1. The maximum Gasteiger partial charge on any atom is 0.166 e. The average Bonchev–Trinajstić information content (AvgIpc) is 2.28. The molecule has 0 aromatic heterocycles. The summed E-state index contributed by atoms with van der Waals surface area (Å²) < 4.78 is 0. The molecule has 0 fully saturated rings. The third-order valence-corrected chi connectivity index (χ3v) is 1.78. The maximum atomic E-state index is 11.2. The molecule has 0 amide bonds. The Morgan fingerprint density at radius 3 is 2.82 bits per heavy atom. The predicted octanol–water partition coefficient (Wildman–Crippen LogP) is 0.509. The molecule has 3 nitrogen and oxygen atoms in total. The van der Waals surface area contributed by atoms with E-state index in [2.05, 4.69) is 4.99 Å². The highest BCUT2D eigenvalue weighted by Crippen LogP contribution is 2.19. The summed E-state index contributed by atoms with van der Waals surface area (Å²) in [6.45, 7) is 1.99. The molecule has 3 heteroatoms. The van der Waals surface area contributed by atoms with Crippen LogP contribution < -0.4 is 5.73 Å². The second kappa shape index (κ2) is 2.86. The Bertz CT molecular complexity index is 240. The second-order valence-corrected chi connectivity index (χ2v) is 2.79. The molecule has 0 aliphatic heterocycles. The molecule has 0 spiro atoms. The molecule has 1 unspecified atom stereocenters. The van der Waals surface area contributed by atoms with E-state index >= 15 is 0 Å². The van der Waals surface area contributed by atoms with Gasteiger partial charge in [0, 0.05) is 13.5 Å². The van der Waals surface area contributed by atoms with Gasteiger partial charge in [0.1, 0.15) is 5.84 Å². The van der Waals surface area contributed by atoms with Crippen LogP contribution >= 0.6 is 0 Å². The van der Waals surface area contributed by atoms with Gasteiger partial charge in [0.05, 0.1) is 5.57 Å². The molecule has 0 aromatic rings.